The molecule has 1 amide bonds. The van der Waals surface area contributed by atoms with Gasteiger partial charge in [-0.05, 0) is 54.4 Å². The molecule has 0 atom stereocenters. The molecule has 0 fully saturated rings. The van der Waals surface area contributed by atoms with Crippen molar-refractivity contribution in [2.75, 3.05) is 5.32 Å². The third-order valence-electron chi connectivity index (χ3n) is 4.36. The number of carbonyl (C=O) groups excluding carboxylic acids is 1. The number of hydrogen-bond donors (Lipinski definition) is 1. The van der Waals surface area contributed by atoms with Crippen molar-refractivity contribution in [2.24, 2.45) is 0 Å². The van der Waals surface area contributed by atoms with Crippen LogP contribution in [0.2, 0.25) is 5.02 Å². The van der Waals surface area contributed by atoms with Gasteiger partial charge in [-0.3, -0.25) is 9.78 Å². The molecule has 0 saturated carbocycles. The number of amides is 1. The molecule has 0 aliphatic heterocycles. The fraction of sp³-hybridized carbons (Fsp3) is 0.0455. The minimum absolute atomic E-state index is 0. The topological polar surface area (TPSA) is 68.0 Å². The first-order valence-electron chi connectivity index (χ1n) is 8.63. The van der Waals surface area contributed by atoms with Gasteiger partial charge in [-0.1, -0.05) is 23.7 Å². The second kappa shape index (κ2) is 8.90. The van der Waals surface area contributed by atoms with Gasteiger partial charge in [0.25, 0.3) is 5.91 Å². The van der Waals surface area contributed by atoms with Crippen LogP contribution in [0.5, 0.6) is 0 Å². The third-order valence-corrected chi connectivity index (χ3v) is 4.69. The van der Waals surface area contributed by atoms with E-state index >= 15 is 0 Å². The Hall–Kier alpha value is -3.15. The second-order valence-electron chi connectivity index (χ2n) is 6.25. The van der Waals surface area contributed by atoms with Crippen molar-refractivity contribution in [2.45, 2.75) is 6.92 Å². The zero-order valence-electron chi connectivity index (χ0n) is 16.4. The fourth-order valence-electron chi connectivity index (χ4n) is 2.91. The maximum atomic E-state index is 12.4. The average molecular weight is 427 g/mol. The Morgan fingerprint density at radius 2 is 1.83 bits per heavy atom. The van der Waals surface area contributed by atoms with Gasteiger partial charge in [0.15, 0.2) is 0 Å². The molecule has 0 aliphatic rings. The SMILES string of the molecule is Cc1cnccc1C(=O)Nc1ccc(-c2cc(-c3ncco3)ccc2Cl)cc1.Cl.[H-]. The highest BCUT2D eigenvalue weighted by Gasteiger charge is 2.11. The van der Waals surface area contributed by atoms with Crippen molar-refractivity contribution < 1.29 is 10.6 Å². The minimum Gasteiger partial charge on any atom is -1.00 e. The minimum atomic E-state index is -0.170. The number of halogens is 2. The molecule has 1 N–H and O–H groups in total. The highest BCUT2D eigenvalue weighted by molar-refractivity contribution is 6.33. The first-order valence-corrected chi connectivity index (χ1v) is 9.01. The van der Waals surface area contributed by atoms with Gasteiger partial charge >= 0.3 is 0 Å². The summed E-state index contributed by atoms with van der Waals surface area (Å²) in [5, 5.41) is 3.53. The number of nitrogens with zero attached hydrogens (tertiary/aromatic N) is 2. The lowest BCUT2D eigenvalue weighted by Gasteiger charge is -2.10. The third kappa shape index (κ3) is 4.47. The molecular formula is C22H18Cl2N3O2-. The van der Waals surface area contributed by atoms with E-state index in [-0.39, 0.29) is 19.7 Å². The van der Waals surface area contributed by atoms with Crippen LogP contribution in [0.15, 0.2) is 77.8 Å². The second-order valence-corrected chi connectivity index (χ2v) is 6.66. The van der Waals surface area contributed by atoms with Gasteiger partial charge in [-0.15, -0.1) is 12.4 Å². The molecule has 2 heterocycles. The molecule has 0 saturated heterocycles. The molecule has 29 heavy (non-hydrogen) atoms. The highest BCUT2D eigenvalue weighted by Crippen LogP contribution is 2.32. The van der Waals surface area contributed by atoms with Crippen LogP contribution in [0, 0.1) is 6.92 Å². The summed E-state index contributed by atoms with van der Waals surface area (Å²) in [6.07, 6.45) is 6.41. The van der Waals surface area contributed by atoms with E-state index in [2.05, 4.69) is 15.3 Å². The average Bonchev–Trinajstić information content (AvgIpc) is 3.24. The quantitative estimate of drug-likeness (QED) is 0.424. The van der Waals surface area contributed by atoms with E-state index in [9.17, 15) is 4.79 Å². The molecule has 5 nitrogen and oxygen atoms in total. The van der Waals surface area contributed by atoms with Gasteiger partial charge in [-0.25, -0.2) is 4.98 Å². The number of carbonyl (C=O) groups is 1. The number of anilines is 1. The van der Waals surface area contributed by atoms with Crippen LogP contribution in [0.3, 0.4) is 0 Å². The van der Waals surface area contributed by atoms with Gasteiger partial charge in [0.1, 0.15) is 6.26 Å². The van der Waals surface area contributed by atoms with Crippen LogP contribution < -0.4 is 5.32 Å². The lowest BCUT2D eigenvalue weighted by molar-refractivity contribution is 0.102. The molecule has 4 aromatic rings. The molecule has 148 valence electrons. The Morgan fingerprint density at radius 3 is 2.52 bits per heavy atom. The lowest BCUT2D eigenvalue weighted by Crippen LogP contribution is -2.13. The van der Waals surface area contributed by atoms with Gasteiger partial charge < -0.3 is 11.2 Å². The molecular weight excluding hydrogens is 409 g/mol. The van der Waals surface area contributed by atoms with Crippen LogP contribution in [0.4, 0.5) is 5.69 Å². The Balaban J connectivity index is 0.00000160. The largest absolute Gasteiger partial charge is 1.00 e. The number of hydrogen-bond acceptors (Lipinski definition) is 4. The molecule has 2 aromatic heterocycles. The van der Waals surface area contributed by atoms with Crippen molar-refractivity contribution in [1.82, 2.24) is 9.97 Å². The molecule has 7 heteroatoms. The number of nitrogens with one attached hydrogen (secondary N) is 1. The summed E-state index contributed by atoms with van der Waals surface area (Å²) in [7, 11) is 0. The number of aryl methyl sites for hydroxylation is 1. The monoisotopic (exact) mass is 426 g/mol. The molecule has 0 aliphatic carbocycles. The first-order chi connectivity index (χ1) is 13.6. The van der Waals surface area contributed by atoms with E-state index in [4.69, 9.17) is 16.0 Å². The van der Waals surface area contributed by atoms with Crippen LogP contribution in [-0.2, 0) is 0 Å². The summed E-state index contributed by atoms with van der Waals surface area (Å²) in [6.45, 7) is 1.86. The van der Waals surface area contributed by atoms with Gasteiger partial charge in [0, 0.05) is 39.8 Å². The Bertz CT molecular complexity index is 1130. The van der Waals surface area contributed by atoms with Crippen molar-refractivity contribution in [1.29, 1.82) is 0 Å². The van der Waals surface area contributed by atoms with Crippen molar-refractivity contribution in [3.63, 3.8) is 0 Å². The van der Waals surface area contributed by atoms with Crippen molar-refractivity contribution >= 4 is 35.6 Å². The summed E-state index contributed by atoms with van der Waals surface area (Å²) in [5.74, 6) is 0.367. The van der Waals surface area contributed by atoms with Crippen LogP contribution in [-0.4, -0.2) is 15.9 Å². The smallest absolute Gasteiger partial charge is 0.256 e. The molecule has 0 radical (unpaired) electrons. The predicted octanol–water partition coefficient (Wildman–Crippen LogP) is 6.15. The summed E-state index contributed by atoms with van der Waals surface area (Å²) in [5.41, 5.74) is 4.75. The standard InChI is InChI=1S/C22H16ClN3O2.ClH.H/c1-14-13-24-9-8-18(14)21(27)26-17-5-2-15(3-6-17)19-12-16(4-7-20(19)23)22-25-10-11-28-22;;/h2-13H,1H3,(H,26,27);1H;/q;;-1. The van der Waals surface area contributed by atoms with Crippen molar-refractivity contribution in [3.05, 3.63) is 89.5 Å². The van der Waals surface area contributed by atoms with E-state index in [0.29, 0.717) is 22.2 Å². The molecule has 0 spiro atoms. The van der Waals surface area contributed by atoms with E-state index in [1.807, 2.05) is 49.4 Å². The zero-order valence-corrected chi connectivity index (χ0v) is 17.0. The number of aromatic nitrogens is 2. The van der Waals surface area contributed by atoms with E-state index in [1.165, 1.54) is 6.26 Å². The normalized spacial score (nSPS) is 10.3. The van der Waals surface area contributed by atoms with Gasteiger partial charge in [0.05, 0.1) is 6.20 Å². The lowest BCUT2D eigenvalue weighted by atomic mass is 10.0. The maximum absolute atomic E-state index is 12.4. The van der Waals surface area contributed by atoms with Gasteiger partial charge in [0.2, 0.25) is 5.89 Å². The molecule has 0 bridgehead atoms. The zero-order chi connectivity index (χ0) is 19.5. The molecule has 0 unspecified atom stereocenters. The Morgan fingerprint density at radius 1 is 1.07 bits per heavy atom. The Kier molecular flexibility index (Phi) is 6.32. The van der Waals surface area contributed by atoms with Gasteiger partial charge in [-0.2, -0.15) is 0 Å². The summed E-state index contributed by atoms with van der Waals surface area (Å²) >= 11 is 6.39. The maximum Gasteiger partial charge on any atom is 0.256 e. The summed E-state index contributed by atoms with van der Waals surface area (Å²) in [4.78, 5) is 20.6. The van der Waals surface area contributed by atoms with E-state index < -0.39 is 0 Å². The number of oxazole rings is 1. The van der Waals surface area contributed by atoms with Crippen molar-refractivity contribution in [3.8, 4) is 22.6 Å². The Labute approximate surface area is 180 Å². The van der Waals surface area contributed by atoms with E-state index in [0.717, 1.165) is 22.3 Å². The fourth-order valence-corrected chi connectivity index (χ4v) is 3.13. The van der Waals surface area contributed by atoms with Crippen LogP contribution in [0.25, 0.3) is 22.6 Å². The first kappa shape index (κ1) is 20.6. The summed E-state index contributed by atoms with van der Waals surface area (Å²) < 4.78 is 5.36. The number of rotatable bonds is 4. The van der Waals surface area contributed by atoms with E-state index in [1.54, 1.807) is 24.7 Å². The summed E-state index contributed by atoms with van der Waals surface area (Å²) in [6, 6.07) is 14.8. The molecule has 2 aromatic carbocycles. The highest BCUT2D eigenvalue weighted by atomic mass is 35.5. The van der Waals surface area contributed by atoms with Crippen LogP contribution in [0.1, 0.15) is 17.3 Å². The molecule has 4 rings (SSSR count). The number of benzene rings is 2. The predicted molar refractivity (Wildman–Crippen MR) is 118 cm³/mol. The number of pyridine rings is 1. The van der Waals surface area contributed by atoms with Crippen LogP contribution >= 0.6 is 24.0 Å².